The lowest BCUT2D eigenvalue weighted by atomic mass is 10.2. The molecule has 1 rings (SSSR count). The molecule has 0 aromatic heterocycles. The topological polar surface area (TPSA) is 73.5 Å². The zero-order chi connectivity index (χ0) is 13.4. The van der Waals surface area contributed by atoms with Crippen molar-refractivity contribution in [1.29, 1.82) is 0 Å². The van der Waals surface area contributed by atoms with E-state index in [9.17, 15) is 9.59 Å². The number of hydrazine groups is 1. The van der Waals surface area contributed by atoms with Crippen molar-refractivity contribution in [3.8, 4) is 0 Å². The van der Waals surface area contributed by atoms with Gasteiger partial charge in [0.1, 0.15) is 0 Å². The molecule has 0 aromatic carbocycles. The third kappa shape index (κ3) is 5.97. The summed E-state index contributed by atoms with van der Waals surface area (Å²) in [4.78, 5) is 24.4. The van der Waals surface area contributed by atoms with Crippen LogP contribution in [-0.2, 0) is 9.59 Å². The number of nitrogens with one attached hydrogen (secondary N) is 3. The Morgan fingerprint density at radius 2 is 2.17 bits per heavy atom. The van der Waals surface area contributed by atoms with Crippen LogP contribution in [0.4, 0.5) is 0 Å². The molecule has 0 aliphatic carbocycles. The maximum Gasteiger partial charge on any atom is 0.252 e. The molecule has 6 nitrogen and oxygen atoms in total. The Morgan fingerprint density at radius 3 is 2.72 bits per heavy atom. The summed E-state index contributed by atoms with van der Waals surface area (Å²) in [6, 6.07) is 0.491. The maximum absolute atomic E-state index is 11.6. The zero-order valence-corrected chi connectivity index (χ0v) is 11.3. The first-order valence-electron chi connectivity index (χ1n) is 6.63. The Hall–Kier alpha value is -1.14. The maximum atomic E-state index is 11.6. The molecule has 1 atom stereocenters. The summed E-state index contributed by atoms with van der Waals surface area (Å²) < 4.78 is 0. The van der Waals surface area contributed by atoms with Gasteiger partial charge in [-0.1, -0.05) is 6.92 Å². The number of amides is 2. The number of hydrogen-bond acceptors (Lipinski definition) is 4. The lowest BCUT2D eigenvalue weighted by molar-refractivity contribution is -0.128. The molecule has 6 heteroatoms. The highest BCUT2D eigenvalue weighted by atomic mass is 16.2. The molecular weight excluding hydrogens is 232 g/mol. The van der Waals surface area contributed by atoms with E-state index in [-0.39, 0.29) is 11.8 Å². The number of nitrogens with zero attached hydrogens (tertiary/aromatic N) is 1. The molecule has 1 fully saturated rings. The molecule has 0 saturated carbocycles. The second kappa shape index (κ2) is 8.05. The van der Waals surface area contributed by atoms with E-state index < -0.39 is 0 Å². The SMILES string of the molecule is CCCN(CC(=O)NNC(C)=O)CC1CCCN1. The van der Waals surface area contributed by atoms with Gasteiger partial charge in [-0.3, -0.25) is 25.3 Å². The minimum atomic E-state index is -0.261. The van der Waals surface area contributed by atoms with Gasteiger partial charge >= 0.3 is 0 Å². The molecule has 2 amide bonds. The fourth-order valence-corrected chi connectivity index (χ4v) is 2.18. The summed E-state index contributed by atoms with van der Waals surface area (Å²) in [5.74, 6) is -0.431. The second-order valence-corrected chi connectivity index (χ2v) is 4.76. The van der Waals surface area contributed by atoms with Crippen molar-refractivity contribution in [3.63, 3.8) is 0 Å². The highest BCUT2D eigenvalue weighted by molar-refractivity contribution is 5.81. The van der Waals surface area contributed by atoms with Crippen LogP contribution in [-0.4, -0.2) is 48.9 Å². The van der Waals surface area contributed by atoms with Crippen LogP contribution in [0.25, 0.3) is 0 Å². The summed E-state index contributed by atoms with van der Waals surface area (Å²) in [7, 11) is 0. The molecule has 0 spiro atoms. The van der Waals surface area contributed by atoms with Gasteiger partial charge in [0.25, 0.3) is 5.91 Å². The van der Waals surface area contributed by atoms with Gasteiger partial charge in [-0.2, -0.15) is 0 Å². The summed E-state index contributed by atoms with van der Waals surface area (Å²) in [5, 5.41) is 3.43. The van der Waals surface area contributed by atoms with E-state index in [1.165, 1.54) is 19.8 Å². The van der Waals surface area contributed by atoms with Crippen LogP contribution in [0.2, 0.25) is 0 Å². The van der Waals surface area contributed by atoms with E-state index in [0.717, 1.165) is 26.1 Å². The van der Waals surface area contributed by atoms with Crippen LogP contribution in [0.3, 0.4) is 0 Å². The Labute approximate surface area is 108 Å². The van der Waals surface area contributed by atoms with Crippen LogP contribution in [0, 0.1) is 0 Å². The fraction of sp³-hybridized carbons (Fsp3) is 0.833. The van der Waals surface area contributed by atoms with E-state index in [1.54, 1.807) is 0 Å². The Bertz CT molecular complexity index is 277. The van der Waals surface area contributed by atoms with Gasteiger partial charge in [0.2, 0.25) is 5.91 Å². The van der Waals surface area contributed by atoms with Crippen molar-refractivity contribution in [2.24, 2.45) is 0 Å². The molecule has 104 valence electrons. The fourth-order valence-electron chi connectivity index (χ4n) is 2.18. The van der Waals surface area contributed by atoms with Crippen molar-refractivity contribution < 1.29 is 9.59 Å². The average molecular weight is 256 g/mol. The Balaban J connectivity index is 2.31. The predicted octanol–water partition coefficient (Wildman–Crippen LogP) is -0.382. The van der Waals surface area contributed by atoms with Crippen LogP contribution < -0.4 is 16.2 Å². The molecule has 18 heavy (non-hydrogen) atoms. The molecule has 0 bridgehead atoms. The first-order chi connectivity index (χ1) is 8.61. The summed E-state index contributed by atoms with van der Waals surface area (Å²) in [6.07, 6.45) is 3.40. The first kappa shape index (κ1) is 14.9. The molecular formula is C12H24N4O2. The summed E-state index contributed by atoms with van der Waals surface area (Å²) >= 11 is 0. The molecule has 1 aliphatic rings. The van der Waals surface area contributed by atoms with Gasteiger partial charge in [-0.05, 0) is 32.4 Å². The Kier molecular flexibility index (Phi) is 6.67. The van der Waals surface area contributed by atoms with Crippen LogP contribution in [0.5, 0.6) is 0 Å². The van der Waals surface area contributed by atoms with Crippen LogP contribution in [0.15, 0.2) is 0 Å². The van der Waals surface area contributed by atoms with E-state index in [2.05, 4.69) is 28.0 Å². The number of rotatable bonds is 6. The van der Waals surface area contributed by atoms with Gasteiger partial charge in [0.15, 0.2) is 0 Å². The zero-order valence-electron chi connectivity index (χ0n) is 11.3. The van der Waals surface area contributed by atoms with Crippen LogP contribution >= 0.6 is 0 Å². The normalized spacial score (nSPS) is 18.9. The number of carbonyl (C=O) groups is 2. The van der Waals surface area contributed by atoms with Crippen molar-refractivity contribution in [3.05, 3.63) is 0 Å². The second-order valence-electron chi connectivity index (χ2n) is 4.76. The van der Waals surface area contributed by atoms with Crippen molar-refractivity contribution in [1.82, 2.24) is 21.1 Å². The van der Waals surface area contributed by atoms with Gasteiger partial charge in [0.05, 0.1) is 6.54 Å². The monoisotopic (exact) mass is 256 g/mol. The van der Waals surface area contributed by atoms with Gasteiger partial charge in [0, 0.05) is 19.5 Å². The van der Waals surface area contributed by atoms with Crippen molar-refractivity contribution in [2.75, 3.05) is 26.2 Å². The average Bonchev–Trinajstić information content (AvgIpc) is 2.79. The highest BCUT2D eigenvalue weighted by Gasteiger charge is 2.19. The van der Waals surface area contributed by atoms with E-state index >= 15 is 0 Å². The predicted molar refractivity (Wildman–Crippen MR) is 69.7 cm³/mol. The van der Waals surface area contributed by atoms with Gasteiger partial charge in [-0.15, -0.1) is 0 Å². The Morgan fingerprint density at radius 1 is 1.39 bits per heavy atom. The van der Waals surface area contributed by atoms with Crippen molar-refractivity contribution >= 4 is 11.8 Å². The minimum absolute atomic E-state index is 0.170. The number of hydrogen-bond donors (Lipinski definition) is 3. The van der Waals surface area contributed by atoms with E-state index in [1.807, 2.05) is 0 Å². The minimum Gasteiger partial charge on any atom is -0.313 e. The largest absolute Gasteiger partial charge is 0.313 e. The molecule has 0 aromatic rings. The highest BCUT2D eigenvalue weighted by Crippen LogP contribution is 2.07. The smallest absolute Gasteiger partial charge is 0.252 e. The molecule has 1 unspecified atom stereocenters. The van der Waals surface area contributed by atoms with Crippen molar-refractivity contribution in [2.45, 2.75) is 39.2 Å². The first-order valence-corrected chi connectivity index (χ1v) is 6.63. The third-order valence-electron chi connectivity index (χ3n) is 2.93. The number of carbonyl (C=O) groups excluding carboxylic acids is 2. The van der Waals surface area contributed by atoms with E-state index in [0.29, 0.717) is 12.6 Å². The molecule has 0 radical (unpaired) electrons. The lowest BCUT2D eigenvalue weighted by Crippen LogP contribution is -2.48. The lowest BCUT2D eigenvalue weighted by Gasteiger charge is -2.24. The van der Waals surface area contributed by atoms with Gasteiger partial charge in [-0.25, -0.2) is 0 Å². The van der Waals surface area contributed by atoms with Crippen LogP contribution in [0.1, 0.15) is 33.1 Å². The summed E-state index contributed by atoms with van der Waals surface area (Å²) in [5.41, 5.74) is 4.70. The van der Waals surface area contributed by atoms with E-state index in [4.69, 9.17) is 0 Å². The molecule has 3 N–H and O–H groups in total. The third-order valence-corrected chi connectivity index (χ3v) is 2.93. The quantitative estimate of drug-likeness (QED) is 0.566. The molecule has 1 aliphatic heterocycles. The standard InChI is InChI=1S/C12H24N4O2/c1-3-7-16(8-11-5-4-6-13-11)9-12(18)15-14-10(2)17/h11,13H,3-9H2,1-2H3,(H,14,17)(H,15,18). The molecule has 1 heterocycles. The summed E-state index contributed by atoms with van der Waals surface area (Å²) in [6.45, 7) is 6.65. The van der Waals surface area contributed by atoms with Gasteiger partial charge < -0.3 is 5.32 Å². The molecule has 1 saturated heterocycles.